The lowest BCUT2D eigenvalue weighted by Gasteiger charge is -2.30. The first-order valence-corrected chi connectivity index (χ1v) is 21.4. The average Bonchev–Trinajstić information content (AvgIpc) is 3.21. The highest BCUT2D eigenvalue weighted by Gasteiger charge is 2.35. The highest BCUT2D eigenvalue weighted by Crippen LogP contribution is 2.32. The van der Waals surface area contributed by atoms with Crippen molar-refractivity contribution >= 4 is 35.8 Å². The minimum absolute atomic E-state index is 0.0506. The Morgan fingerprint density at radius 1 is 0.391 bits per heavy atom. The molecule has 0 saturated heterocycles. The van der Waals surface area contributed by atoms with E-state index < -0.39 is 58.2 Å². The third kappa shape index (κ3) is 21.5. The molecule has 0 N–H and O–H groups in total. The summed E-state index contributed by atoms with van der Waals surface area (Å²) in [7, 11) is 0. The molecule has 0 aliphatic carbocycles. The summed E-state index contributed by atoms with van der Waals surface area (Å²) in [5.41, 5.74) is -2.62. The second kappa shape index (κ2) is 28.1. The summed E-state index contributed by atoms with van der Waals surface area (Å²) in [4.78, 5) is 71.1. The first-order chi connectivity index (χ1) is 29.7. The van der Waals surface area contributed by atoms with Crippen molar-refractivity contribution < 1.29 is 76.1 Å². The van der Waals surface area contributed by atoms with E-state index in [9.17, 15) is 28.8 Å². The number of carbonyl (C=O) groups excluding carboxylic acids is 6. The lowest BCUT2D eigenvalue weighted by atomic mass is 9.92. The first kappa shape index (κ1) is 58.2. The lowest BCUT2D eigenvalue weighted by molar-refractivity contribution is -0.168. The molecular weight excluding hydrogens is 833 g/mol. The summed E-state index contributed by atoms with van der Waals surface area (Å²) in [5.74, 6) is -4.38. The minimum Gasteiger partial charge on any atom is -0.476 e. The summed E-state index contributed by atoms with van der Waals surface area (Å²) in [6, 6.07) is 7.47. The zero-order valence-electron chi connectivity index (χ0n) is 40.2. The van der Waals surface area contributed by atoms with Gasteiger partial charge >= 0.3 is 35.8 Å². The molecule has 0 atom stereocenters. The maximum atomic E-state index is 12.2. The van der Waals surface area contributed by atoms with Crippen LogP contribution in [-0.2, 0) is 87.3 Å². The van der Waals surface area contributed by atoms with E-state index in [1.165, 1.54) is 27.7 Å². The van der Waals surface area contributed by atoms with Crippen molar-refractivity contribution in [1.29, 1.82) is 0 Å². The van der Waals surface area contributed by atoms with Crippen LogP contribution in [0.2, 0.25) is 0 Å². The molecule has 0 aromatic heterocycles. The van der Waals surface area contributed by atoms with Crippen molar-refractivity contribution in [1.82, 2.24) is 0 Å². The molecule has 360 valence electrons. The summed E-state index contributed by atoms with van der Waals surface area (Å²) >= 11 is 0. The Labute approximate surface area is 379 Å². The van der Waals surface area contributed by atoms with E-state index >= 15 is 0 Å². The summed E-state index contributed by atoms with van der Waals surface area (Å²) in [6.45, 7) is 35.6. The Morgan fingerprint density at radius 3 is 0.875 bits per heavy atom. The predicted octanol–water partition coefficient (Wildman–Crippen LogP) is 8.50. The number of esters is 6. The van der Waals surface area contributed by atoms with E-state index in [1.54, 1.807) is 27.7 Å². The Bertz CT molecular complexity index is 1620. The smallest absolute Gasteiger partial charge is 0.372 e. The van der Waals surface area contributed by atoms with Gasteiger partial charge in [-0.1, -0.05) is 49.9 Å². The normalized spacial score (nSPS) is 11.2. The number of hydrogen-bond donors (Lipinski definition) is 0. The maximum absolute atomic E-state index is 12.2. The Balaban J connectivity index is 0.00000128. The Kier molecular flexibility index (Phi) is 25.5. The van der Waals surface area contributed by atoms with Crippen molar-refractivity contribution in [2.75, 3.05) is 39.6 Å². The molecule has 0 saturated carbocycles. The fourth-order valence-electron chi connectivity index (χ4n) is 5.31. The molecular formula is C48H72O16. The number of hydrogen-bond acceptors (Lipinski definition) is 16. The van der Waals surface area contributed by atoms with Gasteiger partial charge in [-0.2, -0.15) is 0 Å². The fourth-order valence-corrected chi connectivity index (χ4v) is 5.31. The van der Waals surface area contributed by atoms with Gasteiger partial charge in [0, 0.05) is 0 Å². The second-order valence-corrected chi connectivity index (χ2v) is 16.0. The quantitative estimate of drug-likeness (QED) is 0.0244. The van der Waals surface area contributed by atoms with E-state index in [1.807, 2.05) is 52.0 Å². The van der Waals surface area contributed by atoms with Gasteiger partial charge in [-0.25, -0.2) is 28.8 Å². The average molecular weight is 905 g/mol. The molecule has 1 rings (SSSR count). The lowest BCUT2D eigenvalue weighted by Crippen LogP contribution is -2.37. The van der Waals surface area contributed by atoms with Gasteiger partial charge in [-0.05, 0) is 133 Å². The number of ether oxygens (including phenoxy) is 10. The Hall–Kier alpha value is -5.80. The van der Waals surface area contributed by atoms with Crippen molar-refractivity contribution in [3.8, 4) is 0 Å². The molecule has 0 radical (unpaired) electrons. The van der Waals surface area contributed by atoms with Crippen LogP contribution in [0.5, 0.6) is 0 Å². The summed E-state index contributed by atoms with van der Waals surface area (Å²) in [6.07, 6.45) is 4.95. The van der Waals surface area contributed by atoms with E-state index in [2.05, 4.69) is 26.3 Å². The molecule has 16 nitrogen and oxygen atoms in total. The molecule has 0 bridgehead atoms. The molecule has 0 spiro atoms. The van der Waals surface area contributed by atoms with E-state index in [4.69, 9.17) is 47.4 Å². The summed E-state index contributed by atoms with van der Waals surface area (Å²) in [5, 5.41) is 0. The van der Waals surface area contributed by atoms with Crippen molar-refractivity contribution in [2.24, 2.45) is 0 Å². The van der Waals surface area contributed by atoms with Crippen LogP contribution in [0, 0.1) is 0 Å². The number of carbonyl (C=O) groups is 6. The van der Waals surface area contributed by atoms with Gasteiger partial charge in [0.15, 0.2) is 23.0 Å². The third-order valence-corrected chi connectivity index (χ3v) is 8.79. The second-order valence-electron chi connectivity index (χ2n) is 16.0. The summed E-state index contributed by atoms with van der Waals surface area (Å²) < 4.78 is 51.9. The van der Waals surface area contributed by atoms with E-state index in [0.29, 0.717) is 12.8 Å². The Morgan fingerprint density at radius 2 is 0.625 bits per heavy atom. The largest absolute Gasteiger partial charge is 0.476 e. The SMILES string of the molecule is C=C(OC(C)(C)C(=O)OCCCCCCCCOC(=O)C(C)(C)OC(=C)C(=O)OCC)C(=O)OCC.C=C(OC(C)(C)c1ccc(C(C)(C)OC(=C)C(=O)OCC)cc1)C(=O)OCC. The van der Waals surface area contributed by atoms with Gasteiger partial charge in [0.05, 0.1) is 39.6 Å². The first-order valence-electron chi connectivity index (χ1n) is 21.4. The van der Waals surface area contributed by atoms with Crippen LogP contribution in [0.1, 0.15) is 133 Å². The van der Waals surface area contributed by atoms with Gasteiger partial charge in [0.1, 0.15) is 11.2 Å². The van der Waals surface area contributed by atoms with Gasteiger partial charge in [0.2, 0.25) is 11.2 Å². The van der Waals surface area contributed by atoms with Crippen LogP contribution < -0.4 is 0 Å². The molecule has 1 aromatic carbocycles. The minimum atomic E-state index is -1.35. The molecule has 1 aromatic rings. The van der Waals surface area contributed by atoms with E-state index in [0.717, 1.165) is 36.8 Å². The van der Waals surface area contributed by atoms with Crippen LogP contribution >= 0.6 is 0 Å². The van der Waals surface area contributed by atoms with Gasteiger partial charge in [0.25, 0.3) is 0 Å². The molecule has 0 aliphatic rings. The van der Waals surface area contributed by atoms with Crippen LogP contribution in [0.3, 0.4) is 0 Å². The molecule has 0 aliphatic heterocycles. The number of rotatable bonds is 29. The van der Waals surface area contributed by atoms with Gasteiger partial charge < -0.3 is 47.4 Å². The highest BCUT2D eigenvalue weighted by atomic mass is 16.6. The van der Waals surface area contributed by atoms with E-state index in [-0.39, 0.29) is 62.7 Å². The van der Waals surface area contributed by atoms with Crippen molar-refractivity contribution in [3.05, 3.63) is 84.7 Å². The third-order valence-electron chi connectivity index (χ3n) is 8.79. The van der Waals surface area contributed by atoms with Gasteiger partial charge in [-0.15, -0.1) is 0 Å². The van der Waals surface area contributed by atoms with Crippen LogP contribution in [0.15, 0.2) is 73.6 Å². The number of unbranched alkanes of at least 4 members (excludes halogenated alkanes) is 5. The standard InChI is InChI=1S/C26H42O10.C22H30O6/c1-9-31-21(27)19(3)35-25(5,6)23(29)33-17-15-13-11-12-14-16-18-34-24(30)26(7,8)36-20(4)22(28)32-10-2;1-9-25-19(23)15(3)27-21(5,6)17-11-13-18(14-12-17)22(7,8)28-16(4)20(24)26-10-2/h3-4,9-18H2,1-2,5-8H3;11-14H,3-4,9-10H2,1-2,5-8H3. The molecule has 64 heavy (non-hydrogen) atoms. The van der Waals surface area contributed by atoms with Crippen LogP contribution in [0.4, 0.5) is 0 Å². The fraction of sp³-hybridized carbons (Fsp3) is 0.583. The molecule has 16 heteroatoms. The van der Waals surface area contributed by atoms with Gasteiger partial charge in [-0.3, -0.25) is 0 Å². The number of benzene rings is 1. The van der Waals surface area contributed by atoms with Crippen molar-refractivity contribution in [2.45, 2.75) is 144 Å². The zero-order chi connectivity index (χ0) is 49.3. The molecule has 0 heterocycles. The monoisotopic (exact) mass is 904 g/mol. The van der Waals surface area contributed by atoms with Crippen LogP contribution in [0.25, 0.3) is 0 Å². The topological polar surface area (TPSA) is 195 Å². The highest BCUT2D eigenvalue weighted by molar-refractivity contribution is 5.88. The molecule has 0 unspecified atom stereocenters. The zero-order valence-corrected chi connectivity index (χ0v) is 40.2. The molecule has 0 fully saturated rings. The van der Waals surface area contributed by atoms with Crippen molar-refractivity contribution in [3.63, 3.8) is 0 Å². The van der Waals surface area contributed by atoms with Crippen LogP contribution in [-0.4, -0.2) is 86.7 Å². The molecule has 0 amide bonds. The maximum Gasteiger partial charge on any atom is 0.372 e. The predicted molar refractivity (Wildman–Crippen MR) is 238 cm³/mol.